The molecule has 0 aliphatic carbocycles. The molecule has 2 rings (SSSR count). The van der Waals surface area contributed by atoms with E-state index in [2.05, 4.69) is 20.8 Å². The number of nitrogens with one attached hydrogen (secondary N) is 1. The van der Waals surface area contributed by atoms with Gasteiger partial charge in [-0.25, -0.2) is 4.68 Å². The van der Waals surface area contributed by atoms with Crippen LogP contribution in [-0.2, 0) is 11.3 Å². The Kier molecular flexibility index (Phi) is 3.88. The van der Waals surface area contributed by atoms with Crippen LogP contribution in [0.15, 0.2) is 30.6 Å². The summed E-state index contributed by atoms with van der Waals surface area (Å²) >= 11 is 5.86. The van der Waals surface area contributed by atoms with E-state index in [-0.39, 0.29) is 5.91 Å². The lowest BCUT2D eigenvalue weighted by Crippen LogP contribution is -2.30. The first kappa shape index (κ1) is 12.5. The first-order chi connectivity index (χ1) is 8.66. The molecule has 0 saturated heterocycles. The molecular weight excluding hydrogens is 254 g/mol. The number of benzene rings is 1. The van der Waals surface area contributed by atoms with Crippen LogP contribution in [-0.4, -0.2) is 26.1 Å². The average molecular weight is 266 g/mol. The van der Waals surface area contributed by atoms with E-state index in [0.29, 0.717) is 11.6 Å². The number of hydrogen-bond acceptors (Lipinski definition) is 4. The first-order valence-electron chi connectivity index (χ1n) is 5.41. The molecule has 0 spiro atoms. The van der Waals surface area contributed by atoms with E-state index in [9.17, 15) is 4.79 Å². The summed E-state index contributed by atoms with van der Waals surface area (Å²) < 4.78 is 1.40. The van der Waals surface area contributed by atoms with Crippen molar-refractivity contribution >= 4 is 17.5 Å². The van der Waals surface area contributed by atoms with Gasteiger partial charge in [0.05, 0.1) is 0 Å². The van der Waals surface area contributed by atoms with Gasteiger partial charge in [0, 0.05) is 11.6 Å². The van der Waals surface area contributed by atoms with Crippen molar-refractivity contribution in [3.05, 3.63) is 41.2 Å². The van der Waals surface area contributed by atoms with Gasteiger partial charge in [-0.1, -0.05) is 23.7 Å². The van der Waals surface area contributed by atoms with E-state index in [1.54, 1.807) is 13.0 Å². The summed E-state index contributed by atoms with van der Waals surface area (Å²) in [7, 11) is 0. The Labute approximate surface area is 109 Å². The van der Waals surface area contributed by atoms with Gasteiger partial charge in [0.15, 0.2) is 0 Å². The zero-order valence-corrected chi connectivity index (χ0v) is 10.5. The van der Waals surface area contributed by atoms with Gasteiger partial charge in [-0.05, 0) is 35.0 Å². The topological polar surface area (TPSA) is 72.7 Å². The van der Waals surface area contributed by atoms with Crippen LogP contribution in [0, 0.1) is 0 Å². The van der Waals surface area contributed by atoms with E-state index in [0.717, 1.165) is 5.56 Å². The zero-order valence-electron chi connectivity index (χ0n) is 9.75. The standard InChI is InChI=1S/C11H12ClN5O/c1-8(17-7-14-15-16-17)11(18)13-6-9-3-2-4-10(12)5-9/h2-5,7-8H,6H2,1H3,(H,13,18)/t8-/m1/s1. The third-order valence-corrected chi connectivity index (χ3v) is 2.73. The summed E-state index contributed by atoms with van der Waals surface area (Å²) in [6.07, 6.45) is 1.41. The maximum absolute atomic E-state index is 11.8. The highest BCUT2D eigenvalue weighted by atomic mass is 35.5. The van der Waals surface area contributed by atoms with Crippen molar-refractivity contribution in [3.8, 4) is 0 Å². The molecule has 0 unspecified atom stereocenters. The molecule has 2 aromatic rings. The van der Waals surface area contributed by atoms with Gasteiger partial charge < -0.3 is 5.32 Å². The number of carbonyl (C=O) groups excluding carboxylic acids is 1. The predicted octanol–water partition coefficient (Wildman–Crippen LogP) is 1.20. The summed E-state index contributed by atoms with van der Waals surface area (Å²) in [5, 5.41) is 14.1. The number of nitrogens with zero attached hydrogens (tertiary/aromatic N) is 4. The van der Waals surface area contributed by atoms with Gasteiger partial charge in [-0.2, -0.15) is 0 Å². The third-order valence-electron chi connectivity index (χ3n) is 2.50. The minimum absolute atomic E-state index is 0.151. The average Bonchev–Trinajstić information content (AvgIpc) is 2.89. The molecule has 1 amide bonds. The van der Waals surface area contributed by atoms with Gasteiger partial charge in [0.2, 0.25) is 5.91 Å². The second-order valence-electron chi connectivity index (χ2n) is 3.81. The maximum atomic E-state index is 11.8. The van der Waals surface area contributed by atoms with E-state index in [1.165, 1.54) is 11.0 Å². The fourth-order valence-electron chi connectivity index (χ4n) is 1.45. The van der Waals surface area contributed by atoms with Crippen molar-refractivity contribution in [1.82, 2.24) is 25.5 Å². The highest BCUT2D eigenvalue weighted by Crippen LogP contribution is 2.10. The van der Waals surface area contributed by atoms with Crippen molar-refractivity contribution in [2.75, 3.05) is 0 Å². The van der Waals surface area contributed by atoms with Crippen LogP contribution in [0.3, 0.4) is 0 Å². The van der Waals surface area contributed by atoms with Crippen LogP contribution in [0.2, 0.25) is 5.02 Å². The van der Waals surface area contributed by atoms with Crippen LogP contribution in [0.1, 0.15) is 18.5 Å². The second-order valence-corrected chi connectivity index (χ2v) is 4.25. The zero-order chi connectivity index (χ0) is 13.0. The van der Waals surface area contributed by atoms with E-state index in [1.807, 2.05) is 18.2 Å². The highest BCUT2D eigenvalue weighted by Gasteiger charge is 2.15. The number of amides is 1. The van der Waals surface area contributed by atoms with Gasteiger partial charge in [-0.3, -0.25) is 4.79 Å². The quantitative estimate of drug-likeness (QED) is 0.902. The molecule has 0 fully saturated rings. The molecule has 6 nitrogen and oxygen atoms in total. The lowest BCUT2D eigenvalue weighted by molar-refractivity contribution is -0.124. The number of hydrogen-bond donors (Lipinski definition) is 1. The largest absolute Gasteiger partial charge is 0.350 e. The van der Waals surface area contributed by atoms with Crippen molar-refractivity contribution in [2.45, 2.75) is 19.5 Å². The Morgan fingerprint density at radius 3 is 3.06 bits per heavy atom. The van der Waals surface area contributed by atoms with Crippen LogP contribution in [0.5, 0.6) is 0 Å². The van der Waals surface area contributed by atoms with Crippen molar-refractivity contribution in [2.24, 2.45) is 0 Å². The van der Waals surface area contributed by atoms with Crippen LogP contribution in [0.25, 0.3) is 0 Å². The summed E-state index contributed by atoms with van der Waals surface area (Å²) in [5.41, 5.74) is 0.944. The molecule has 0 radical (unpaired) electrons. The molecule has 0 bridgehead atoms. The molecule has 94 valence electrons. The third kappa shape index (κ3) is 3.04. The Hall–Kier alpha value is -1.95. The number of rotatable bonds is 4. The maximum Gasteiger partial charge on any atom is 0.244 e. The molecule has 0 aliphatic heterocycles. The smallest absolute Gasteiger partial charge is 0.244 e. The molecular formula is C11H12ClN5O. The number of aromatic nitrogens is 4. The lowest BCUT2D eigenvalue weighted by atomic mass is 10.2. The molecule has 1 aromatic carbocycles. The Bertz CT molecular complexity index is 528. The predicted molar refractivity (Wildman–Crippen MR) is 65.8 cm³/mol. The molecule has 1 heterocycles. The SMILES string of the molecule is C[C@H](C(=O)NCc1cccc(Cl)c1)n1cnnn1. The van der Waals surface area contributed by atoms with Gasteiger partial charge in [0.25, 0.3) is 0 Å². The van der Waals surface area contributed by atoms with Gasteiger partial charge in [0.1, 0.15) is 12.4 Å². The Morgan fingerprint density at radius 1 is 1.56 bits per heavy atom. The van der Waals surface area contributed by atoms with E-state index < -0.39 is 6.04 Å². The minimum atomic E-state index is -0.445. The van der Waals surface area contributed by atoms with Crippen molar-refractivity contribution < 1.29 is 4.79 Å². The fraction of sp³-hybridized carbons (Fsp3) is 0.273. The molecule has 0 aliphatic rings. The fourth-order valence-corrected chi connectivity index (χ4v) is 1.66. The number of carbonyl (C=O) groups is 1. The first-order valence-corrected chi connectivity index (χ1v) is 5.79. The van der Waals surface area contributed by atoms with Crippen molar-refractivity contribution in [3.63, 3.8) is 0 Å². The second kappa shape index (κ2) is 5.59. The number of halogens is 1. The Morgan fingerprint density at radius 2 is 2.39 bits per heavy atom. The molecule has 1 N–H and O–H groups in total. The number of tetrazole rings is 1. The normalized spacial score (nSPS) is 12.1. The van der Waals surface area contributed by atoms with Crippen molar-refractivity contribution in [1.29, 1.82) is 0 Å². The highest BCUT2D eigenvalue weighted by molar-refractivity contribution is 6.30. The van der Waals surface area contributed by atoms with Crippen LogP contribution < -0.4 is 5.32 Å². The Balaban J connectivity index is 1.92. The van der Waals surface area contributed by atoms with Crippen LogP contribution >= 0.6 is 11.6 Å². The van der Waals surface area contributed by atoms with E-state index in [4.69, 9.17) is 11.6 Å². The van der Waals surface area contributed by atoms with E-state index >= 15 is 0 Å². The summed E-state index contributed by atoms with van der Waals surface area (Å²) in [6, 6.07) is 6.89. The summed E-state index contributed by atoms with van der Waals surface area (Å²) in [4.78, 5) is 11.8. The lowest BCUT2D eigenvalue weighted by Gasteiger charge is -2.11. The van der Waals surface area contributed by atoms with Crippen LogP contribution in [0.4, 0.5) is 0 Å². The monoisotopic (exact) mass is 265 g/mol. The minimum Gasteiger partial charge on any atom is -0.350 e. The van der Waals surface area contributed by atoms with Gasteiger partial charge >= 0.3 is 0 Å². The summed E-state index contributed by atoms with van der Waals surface area (Å²) in [5.74, 6) is -0.151. The summed E-state index contributed by atoms with van der Waals surface area (Å²) in [6.45, 7) is 2.15. The molecule has 1 atom stereocenters. The molecule has 0 saturated carbocycles. The molecule has 7 heteroatoms. The molecule has 18 heavy (non-hydrogen) atoms. The van der Waals surface area contributed by atoms with Gasteiger partial charge in [-0.15, -0.1) is 5.10 Å². The molecule has 1 aromatic heterocycles.